The van der Waals surface area contributed by atoms with Crippen LogP contribution in [0.4, 0.5) is 17.5 Å². The minimum atomic E-state index is 0.549. The van der Waals surface area contributed by atoms with Crippen molar-refractivity contribution in [3.8, 4) is 11.3 Å². The zero-order chi connectivity index (χ0) is 16.2. The minimum Gasteiger partial charge on any atom is -0.357 e. The van der Waals surface area contributed by atoms with Gasteiger partial charge in [0.2, 0.25) is 5.95 Å². The Morgan fingerprint density at radius 2 is 1.78 bits per heavy atom. The van der Waals surface area contributed by atoms with E-state index in [1.54, 1.807) is 19.4 Å². The van der Waals surface area contributed by atoms with Gasteiger partial charge < -0.3 is 10.6 Å². The third-order valence-electron chi connectivity index (χ3n) is 3.36. The second-order valence-corrected chi connectivity index (χ2v) is 5.44. The van der Waals surface area contributed by atoms with Gasteiger partial charge in [-0.2, -0.15) is 4.98 Å². The molecule has 5 nitrogen and oxygen atoms in total. The summed E-state index contributed by atoms with van der Waals surface area (Å²) in [5.41, 5.74) is 3.73. The smallest absolute Gasteiger partial charge is 0.224 e. The maximum atomic E-state index is 6.07. The standard InChI is InChI=1S/C17H16ClN5/c1-11-9-13(3-4-14(11)18)21-16-10-15(22-17(19-2)23-16)12-5-7-20-8-6-12/h3-10H,1-2H3,(H2,19,21,22,23). The molecular weight excluding hydrogens is 310 g/mol. The van der Waals surface area contributed by atoms with Crippen LogP contribution in [0.25, 0.3) is 11.3 Å². The van der Waals surface area contributed by atoms with Gasteiger partial charge in [-0.25, -0.2) is 4.98 Å². The zero-order valence-corrected chi connectivity index (χ0v) is 13.6. The molecule has 0 fully saturated rings. The fourth-order valence-electron chi connectivity index (χ4n) is 2.16. The Labute approximate surface area is 139 Å². The summed E-state index contributed by atoms with van der Waals surface area (Å²) in [4.78, 5) is 13.0. The van der Waals surface area contributed by atoms with E-state index in [0.29, 0.717) is 11.8 Å². The van der Waals surface area contributed by atoms with Crippen molar-refractivity contribution in [2.24, 2.45) is 0 Å². The number of aromatic nitrogens is 3. The van der Waals surface area contributed by atoms with Crippen LogP contribution in [0.3, 0.4) is 0 Å². The molecular formula is C17H16ClN5. The van der Waals surface area contributed by atoms with Crippen molar-refractivity contribution in [2.45, 2.75) is 6.92 Å². The summed E-state index contributed by atoms with van der Waals surface area (Å²) in [6.45, 7) is 1.97. The number of nitrogens with one attached hydrogen (secondary N) is 2. The van der Waals surface area contributed by atoms with Gasteiger partial charge in [-0.05, 0) is 42.8 Å². The van der Waals surface area contributed by atoms with Crippen molar-refractivity contribution in [3.05, 3.63) is 59.4 Å². The molecule has 0 atom stereocenters. The van der Waals surface area contributed by atoms with E-state index in [0.717, 1.165) is 27.5 Å². The van der Waals surface area contributed by atoms with Gasteiger partial charge in [-0.1, -0.05) is 11.6 Å². The Kier molecular flexibility index (Phi) is 4.39. The van der Waals surface area contributed by atoms with Crippen molar-refractivity contribution < 1.29 is 0 Å². The first kappa shape index (κ1) is 15.2. The fraction of sp³-hybridized carbons (Fsp3) is 0.118. The molecule has 0 aliphatic heterocycles. The molecule has 0 saturated carbocycles. The lowest BCUT2D eigenvalue weighted by Gasteiger charge is -2.11. The van der Waals surface area contributed by atoms with E-state index in [1.807, 2.05) is 43.3 Å². The SMILES string of the molecule is CNc1nc(Nc2ccc(Cl)c(C)c2)cc(-c2ccncc2)n1. The Bertz CT molecular complexity index is 820. The van der Waals surface area contributed by atoms with Crippen molar-refractivity contribution in [3.63, 3.8) is 0 Å². The summed E-state index contributed by atoms with van der Waals surface area (Å²) in [5, 5.41) is 7.02. The molecule has 2 N–H and O–H groups in total. The molecule has 0 amide bonds. The first-order chi connectivity index (χ1) is 11.2. The minimum absolute atomic E-state index is 0.549. The van der Waals surface area contributed by atoms with Crippen LogP contribution in [-0.2, 0) is 0 Å². The second kappa shape index (κ2) is 6.62. The number of rotatable bonds is 4. The first-order valence-electron chi connectivity index (χ1n) is 7.16. The highest BCUT2D eigenvalue weighted by Crippen LogP contribution is 2.25. The largest absolute Gasteiger partial charge is 0.357 e. The molecule has 3 rings (SSSR count). The summed E-state index contributed by atoms with van der Waals surface area (Å²) >= 11 is 6.07. The highest BCUT2D eigenvalue weighted by molar-refractivity contribution is 6.31. The van der Waals surface area contributed by atoms with Crippen LogP contribution >= 0.6 is 11.6 Å². The topological polar surface area (TPSA) is 62.7 Å². The third kappa shape index (κ3) is 3.57. The van der Waals surface area contributed by atoms with Crippen LogP contribution in [-0.4, -0.2) is 22.0 Å². The second-order valence-electron chi connectivity index (χ2n) is 5.04. The molecule has 6 heteroatoms. The van der Waals surface area contributed by atoms with E-state index < -0.39 is 0 Å². The Morgan fingerprint density at radius 3 is 2.48 bits per heavy atom. The molecule has 0 radical (unpaired) electrons. The fourth-order valence-corrected chi connectivity index (χ4v) is 2.28. The summed E-state index contributed by atoms with van der Waals surface area (Å²) in [7, 11) is 1.79. The van der Waals surface area contributed by atoms with Crippen LogP contribution in [0.2, 0.25) is 5.02 Å². The summed E-state index contributed by atoms with van der Waals surface area (Å²) in [6.07, 6.45) is 3.48. The van der Waals surface area contributed by atoms with Crippen molar-refractivity contribution in [1.82, 2.24) is 15.0 Å². The molecule has 0 spiro atoms. The predicted molar refractivity (Wildman–Crippen MR) is 94.3 cm³/mol. The quantitative estimate of drug-likeness (QED) is 0.749. The van der Waals surface area contributed by atoms with Gasteiger partial charge in [0, 0.05) is 41.8 Å². The van der Waals surface area contributed by atoms with Gasteiger partial charge in [0.25, 0.3) is 0 Å². The highest BCUT2D eigenvalue weighted by atomic mass is 35.5. The van der Waals surface area contributed by atoms with Crippen LogP contribution in [0.5, 0.6) is 0 Å². The predicted octanol–water partition coefficient (Wildman–Crippen LogP) is 4.29. The van der Waals surface area contributed by atoms with Crippen molar-refractivity contribution >= 4 is 29.1 Å². The molecule has 3 aromatic rings. The van der Waals surface area contributed by atoms with E-state index >= 15 is 0 Å². The summed E-state index contributed by atoms with van der Waals surface area (Å²) < 4.78 is 0. The third-order valence-corrected chi connectivity index (χ3v) is 3.78. The van der Waals surface area contributed by atoms with E-state index in [-0.39, 0.29) is 0 Å². The molecule has 0 aliphatic rings. The number of nitrogens with zero attached hydrogens (tertiary/aromatic N) is 3. The van der Waals surface area contributed by atoms with Crippen molar-refractivity contribution in [1.29, 1.82) is 0 Å². The normalized spacial score (nSPS) is 10.4. The van der Waals surface area contributed by atoms with Crippen LogP contribution in [0.15, 0.2) is 48.8 Å². The molecule has 1 aromatic carbocycles. The molecule has 0 saturated heterocycles. The monoisotopic (exact) mass is 325 g/mol. The van der Waals surface area contributed by atoms with Crippen molar-refractivity contribution in [2.75, 3.05) is 17.7 Å². The molecule has 116 valence electrons. The summed E-state index contributed by atoms with van der Waals surface area (Å²) in [5.74, 6) is 1.25. The molecule has 0 unspecified atom stereocenters. The number of pyridine rings is 1. The molecule has 0 aliphatic carbocycles. The number of benzene rings is 1. The maximum absolute atomic E-state index is 6.07. The lowest BCUT2D eigenvalue weighted by atomic mass is 10.2. The lowest BCUT2D eigenvalue weighted by molar-refractivity contribution is 1.15. The highest BCUT2D eigenvalue weighted by Gasteiger charge is 2.07. The lowest BCUT2D eigenvalue weighted by Crippen LogP contribution is -2.02. The van der Waals surface area contributed by atoms with Gasteiger partial charge in [0.05, 0.1) is 5.69 Å². The van der Waals surface area contributed by atoms with E-state index in [1.165, 1.54) is 0 Å². The van der Waals surface area contributed by atoms with Gasteiger partial charge in [-0.3, -0.25) is 4.98 Å². The Morgan fingerprint density at radius 1 is 1.00 bits per heavy atom. The van der Waals surface area contributed by atoms with Crippen LogP contribution in [0, 0.1) is 6.92 Å². The average Bonchev–Trinajstić information content (AvgIpc) is 2.58. The number of hydrogen-bond acceptors (Lipinski definition) is 5. The number of anilines is 3. The van der Waals surface area contributed by atoms with Gasteiger partial charge in [0.1, 0.15) is 5.82 Å². The molecule has 2 aromatic heterocycles. The van der Waals surface area contributed by atoms with Crippen LogP contribution < -0.4 is 10.6 Å². The molecule has 2 heterocycles. The average molecular weight is 326 g/mol. The van der Waals surface area contributed by atoms with Crippen LogP contribution in [0.1, 0.15) is 5.56 Å². The maximum Gasteiger partial charge on any atom is 0.224 e. The zero-order valence-electron chi connectivity index (χ0n) is 12.8. The molecule has 0 bridgehead atoms. The van der Waals surface area contributed by atoms with Gasteiger partial charge in [0.15, 0.2) is 0 Å². The molecule has 23 heavy (non-hydrogen) atoms. The Hall–Kier alpha value is -2.66. The number of halogens is 1. The van der Waals surface area contributed by atoms with Gasteiger partial charge >= 0.3 is 0 Å². The Balaban J connectivity index is 1.97. The van der Waals surface area contributed by atoms with Gasteiger partial charge in [-0.15, -0.1) is 0 Å². The van der Waals surface area contributed by atoms with E-state index in [2.05, 4.69) is 25.6 Å². The van der Waals surface area contributed by atoms with E-state index in [4.69, 9.17) is 11.6 Å². The summed E-state index contributed by atoms with van der Waals surface area (Å²) in [6, 6.07) is 11.5. The first-order valence-corrected chi connectivity index (χ1v) is 7.54. The van der Waals surface area contributed by atoms with E-state index in [9.17, 15) is 0 Å². The number of aryl methyl sites for hydroxylation is 1. The number of hydrogen-bond donors (Lipinski definition) is 2.